The number of likely N-dealkylation sites (N-methyl/N-ethyl adjacent to an activating group) is 2. The van der Waals surface area contributed by atoms with Crippen LogP contribution in [-0.4, -0.2) is 239 Å². The van der Waals surface area contributed by atoms with Crippen molar-refractivity contribution < 1.29 is 70.5 Å². The quantitative estimate of drug-likeness (QED) is 0.0128. The van der Waals surface area contributed by atoms with E-state index in [4.69, 9.17) is 37.4 Å². The number of carbonyl (C=O) groups excluding carboxylic acids is 6. The Hall–Kier alpha value is -13.6. The normalized spacial score (nSPS) is 12.8. The summed E-state index contributed by atoms with van der Waals surface area (Å²) in [5.74, 6) is 0.348. The Morgan fingerprint density at radius 3 is 1.46 bits per heavy atom. The van der Waals surface area contributed by atoms with Gasteiger partial charge in [-0.2, -0.15) is 28.4 Å². The van der Waals surface area contributed by atoms with Gasteiger partial charge in [0.2, 0.25) is 53.3 Å². The van der Waals surface area contributed by atoms with E-state index in [1.165, 1.54) is 43.8 Å². The number of amides is 6. The lowest BCUT2D eigenvalue weighted by Gasteiger charge is -2.37. The highest BCUT2D eigenvalue weighted by molar-refractivity contribution is 6.70. The Labute approximate surface area is 799 Å². The first-order chi connectivity index (χ1) is 64.7. The van der Waals surface area contributed by atoms with Gasteiger partial charge in [-0.25, -0.2) is 34.0 Å². The number of ether oxygens (including phenoxy) is 3. The van der Waals surface area contributed by atoms with Gasteiger partial charge in [-0.15, -0.1) is 0 Å². The van der Waals surface area contributed by atoms with Crippen molar-refractivity contribution in [2.75, 3.05) is 153 Å². The van der Waals surface area contributed by atoms with Crippen molar-refractivity contribution in [3.63, 3.8) is 0 Å². The fraction of sp³-hybridized carbons (Fsp3) is 0.333. The third-order valence-corrected chi connectivity index (χ3v) is 27.4. The lowest BCUT2D eigenvalue weighted by atomic mass is 10.1. The van der Waals surface area contributed by atoms with Crippen LogP contribution in [0, 0.1) is 0 Å². The van der Waals surface area contributed by atoms with Crippen molar-refractivity contribution in [2.24, 2.45) is 0 Å². The highest BCUT2D eigenvalue weighted by Crippen LogP contribution is 2.44. The van der Waals surface area contributed by atoms with Crippen molar-refractivity contribution in [3.8, 4) is 39.8 Å². The number of hydrogen-bond acceptors (Lipinski definition) is 27. The Morgan fingerprint density at radius 1 is 0.493 bits per heavy atom. The van der Waals surface area contributed by atoms with E-state index in [1.54, 1.807) is 90.1 Å². The second kappa shape index (κ2) is 46.6. The molecule has 2 aliphatic rings. The van der Waals surface area contributed by atoms with E-state index in [0.717, 1.165) is 39.6 Å². The summed E-state index contributed by atoms with van der Waals surface area (Å²) in [4.78, 5) is 142. The van der Waals surface area contributed by atoms with Gasteiger partial charge in [-0.05, 0) is 162 Å². The summed E-state index contributed by atoms with van der Waals surface area (Å²) < 4.78 is 62.1. The van der Waals surface area contributed by atoms with E-state index >= 15 is 0 Å². The van der Waals surface area contributed by atoms with Gasteiger partial charge in [0.25, 0.3) is 0 Å². The molecule has 0 aliphatic carbocycles. The standard InChI is InChI=1S/C31H37ClN8O4Si.C31H39ClN8O4Si.C31H38F3N7O4Si/c1-5-28(41)35-23-17-24(36-31-33-20-22(32)30(37-31)21-19-34-40-11-7-6-9-25(21)40)27(44-2)18-26(23)38-12-14-39(15-13-38)29(42)10-8-16-45(3,4)43;1-7-28(41)35-23-17-24(36-31-33-20-22(32)30(37-31)21-19-34-40-13-9-8-11-25(21)40)27(44-4)18-26(23)38(2)14-15-39(3)29(42)12-10-16-45(5,6)43;1-5-27(42)36-21-8-6-9-22(18-21)37-29-24(31(32,33)34)20-35-30(39-29)38-25-12-11-23(19-26(25)45-2)40-13-15-41(16-14-40)28(43)10-7-17-46(3,4)44/h5-7,9,11,17-20,43H,1,8,10,12-16H2,2-4H3,(H,35,41)(H,33,36,37);7-9,11,13,17-20,43H,1,10,12,14-16H2,2-6H3,(H,35,41)(H,33,36,37);5-6,8-9,11-12,18-20,44H,1,7,10,13-17H2,2-4H3,(H,36,42)(H2,35,37,38,39). The maximum atomic E-state index is 13.9. The second-order valence-corrected chi connectivity index (χ2v) is 47.3. The van der Waals surface area contributed by atoms with E-state index in [0.29, 0.717) is 207 Å². The largest absolute Gasteiger partial charge is 0.494 e. The van der Waals surface area contributed by atoms with E-state index in [2.05, 4.69) is 107 Å². The summed E-state index contributed by atoms with van der Waals surface area (Å²) in [6, 6.07) is 32.2. The molecule has 7 aromatic heterocycles. The van der Waals surface area contributed by atoms with Crippen LogP contribution in [0.15, 0.2) is 184 Å². The van der Waals surface area contributed by atoms with Gasteiger partial charge >= 0.3 is 6.18 Å². The van der Waals surface area contributed by atoms with Gasteiger partial charge in [-0.1, -0.05) is 61.1 Å². The van der Waals surface area contributed by atoms with Crippen molar-refractivity contribution >= 4 is 175 Å². The number of piperazine rings is 2. The second-order valence-electron chi connectivity index (χ2n) is 34.1. The van der Waals surface area contributed by atoms with E-state index in [1.807, 2.05) is 122 Å². The van der Waals surface area contributed by atoms with Gasteiger partial charge in [0, 0.05) is 164 Å². The molecule has 0 bridgehead atoms. The Kier molecular flexibility index (Phi) is 35.3. The molecule has 4 aromatic carbocycles. The van der Waals surface area contributed by atoms with Crippen LogP contribution in [0.2, 0.25) is 67.5 Å². The van der Waals surface area contributed by atoms with Crippen molar-refractivity contribution in [1.82, 2.24) is 63.8 Å². The van der Waals surface area contributed by atoms with Crippen molar-refractivity contribution in [1.29, 1.82) is 0 Å². The number of halogens is 5. The molecule has 0 unspecified atom stereocenters. The van der Waals surface area contributed by atoms with Crippen molar-refractivity contribution in [2.45, 2.75) is 102 Å². The number of hydrogen-bond donors (Lipinski definition) is 10. The fourth-order valence-corrected chi connectivity index (χ4v) is 18.4. The minimum atomic E-state index is -4.73. The van der Waals surface area contributed by atoms with Crippen molar-refractivity contribution in [3.05, 3.63) is 200 Å². The van der Waals surface area contributed by atoms with Gasteiger partial charge in [0.1, 0.15) is 28.6 Å². The first-order valence-corrected chi connectivity index (χ1v) is 54.1. The minimum absolute atomic E-state index is 0.0189. The van der Waals surface area contributed by atoms with Crippen LogP contribution >= 0.6 is 23.2 Å². The Balaban J connectivity index is 0.000000196. The molecule has 136 heavy (non-hydrogen) atoms. The van der Waals surface area contributed by atoms with Gasteiger partial charge in [0.05, 0.1) is 118 Å². The third-order valence-electron chi connectivity index (χ3n) is 22.1. The van der Waals surface area contributed by atoms with E-state index < -0.39 is 48.4 Å². The lowest BCUT2D eigenvalue weighted by Crippen LogP contribution is -2.49. The number of rotatable bonds is 37. The summed E-state index contributed by atoms with van der Waals surface area (Å²) >= 11 is 13.0. The number of anilines is 14. The van der Waals surface area contributed by atoms with E-state index in [-0.39, 0.29) is 53.1 Å². The number of nitrogens with zero attached hydrogens (tertiary/aromatic N) is 16. The van der Waals surface area contributed by atoms with Gasteiger partial charge in [0.15, 0.2) is 25.0 Å². The molecule has 2 saturated heterocycles. The molecule has 2 aliphatic heterocycles. The molecule has 9 heterocycles. The Bertz CT molecular complexity index is 6120. The molecular weight excluding hydrogens is 1840 g/mol. The Morgan fingerprint density at radius 2 is 0.949 bits per heavy atom. The van der Waals surface area contributed by atoms with Crippen LogP contribution in [0.4, 0.5) is 93.7 Å². The lowest BCUT2D eigenvalue weighted by molar-refractivity contribution is -0.137. The van der Waals surface area contributed by atoms with Crippen LogP contribution in [0.5, 0.6) is 17.2 Å². The first kappa shape index (κ1) is 103. The SMILES string of the molecule is C=CC(=O)Nc1cc(Nc2ncc(Cl)c(-c3cnn4ccccc34)n2)c(OC)cc1N(C)CCN(C)C(=O)CCC[Si](C)(C)O.C=CC(=O)Nc1cc(Nc2ncc(Cl)c(-c3cnn4ccccc34)n2)c(OC)cc1N1CCN(C(=O)CCC[Si](C)(C)O)CC1.C=CC(=O)Nc1cccc(Nc2nc(Nc3ccc(N4CCN(C(=O)CCC[Si](C)(C)O)CC4)cc3OC)ncc2C(F)(F)F)c1. The third kappa shape index (κ3) is 28.8. The number of aromatic nitrogens is 10. The topological polar surface area (TPSA) is 406 Å². The average Bonchev–Trinajstić information content (AvgIpc) is 1.52. The summed E-state index contributed by atoms with van der Waals surface area (Å²) in [6.07, 6.45) is 12.8. The molecule has 2 fully saturated rings. The van der Waals surface area contributed by atoms with Gasteiger partial charge < -0.3 is 95.2 Å². The van der Waals surface area contributed by atoms with Crippen LogP contribution < -0.4 is 66.1 Å². The molecule has 43 heteroatoms. The summed E-state index contributed by atoms with van der Waals surface area (Å²) in [5, 5.41) is 29.9. The molecule has 13 rings (SSSR count). The molecule has 11 aromatic rings. The molecule has 720 valence electrons. The molecule has 35 nitrogen and oxygen atoms in total. The van der Waals surface area contributed by atoms with Crippen LogP contribution in [0.3, 0.4) is 0 Å². The molecule has 0 radical (unpaired) electrons. The zero-order valence-electron chi connectivity index (χ0n) is 77.7. The summed E-state index contributed by atoms with van der Waals surface area (Å²) in [6.45, 7) is 27.4. The van der Waals surface area contributed by atoms with Crippen LogP contribution in [-0.2, 0) is 34.9 Å². The number of benzene rings is 4. The molecule has 0 spiro atoms. The zero-order valence-corrected chi connectivity index (χ0v) is 82.2. The number of carbonyl (C=O) groups is 6. The maximum Gasteiger partial charge on any atom is 0.421 e. The number of fused-ring (bicyclic) bond motifs is 2. The molecule has 6 amide bonds. The zero-order chi connectivity index (χ0) is 98.3. The predicted octanol–water partition coefficient (Wildman–Crippen LogP) is 15.9. The fourth-order valence-electron chi connectivity index (χ4n) is 14.9. The number of alkyl halides is 3. The highest BCUT2D eigenvalue weighted by atomic mass is 35.5. The average molecular weight is 1960 g/mol. The molecule has 0 atom stereocenters. The number of pyridine rings is 2. The summed E-state index contributed by atoms with van der Waals surface area (Å²) in [5.41, 5.74) is 8.53. The molecule has 0 saturated carbocycles. The summed E-state index contributed by atoms with van der Waals surface area (Å²) in [7, 11) is 1.69. The minimum Gasteiger partial charge on any atom is -0.494 e. The number of nitrogens with one attached hydrogen (secondary N) is 7. The molecule has 10 N–H and O–H groups in total. The van der Waals surface area contributed by atoms with Crippen LogP contribution in [0.25, 0.3) is 33.5 Å². The van der Waals surface area contributed by atoms with E-state index in [9.17, 15) is 56.3 Å². The van der Waals surface area contributed by atoms with Gasteiger partial charge in [-0.3, -0.25) is 28.8 Å². The smallest absolute Gasteiger partial charge is 0.421 e. The van der Waals surface area contributed by atoms with Crippen LogP contribution in [0.1, 0.15) is 44.1 Å². The maximum absolute atomic E-state index is 13.9. The number of methoxy groups -OCH3 is 3. The first-order valence-electron chi connectivity index (χ1n) is 43.8. The monoisotopic (exact) mass is 1960 g/mol. The molecular formula is C93H114Cl2F3N23O12Si3. The highest BCUT2D eigenvalue weighted by Gasteiger charge is 2.37. The predicted molar refractivity (Wildman–Crippen MR) is 534 cm³/mol.